The van der Waals surface area contributed by atoms with E-state index in [2.05, 4.69) is 27.8 Å². The molecule has 0 aromatic carbocycles. The minimum atomic E-state index is -0.135. The predicted octanol–water partition coefficient (Wildman–Crippen LogP) is 1.64. The molecule has 0 unspecified atom stereocenters. The zero-order chi connectivity index (χ0) is 15.5. The Kier molecular flexibility index (Phi) is 4.97. The van der Waals surface area contributed by atoms with Crippen molar-refractivity contribution in [3.63, 3.8) is 0 Å². The highest BCUT2D eigenvalue weighted by atomic mass is 32.2. The summed E-state index contributed by atoms with van der Waals surface area (Å²) in [5.74, 6) is -0.135. The Balaban J connectivity index is 1.62. The van der Waals surface area contributed by atoms with Crippen LogP contribution in [0.15, 0.2) is 22.0 Å². The number of aliphatic hydroxyl groups excluding tert-OH is 1. The lowest BCUT2D eigenvalue weighted by molar-refractivity contribution is -0.113. The highest BCUT2D eigenvalue weighted by Crippen LogP contribution is 2.32. The number of thioether (sulfide) groups is 1. The number of aliphatic imine (C=N–C) groups is 1. The monoisotopic (exact) mass is 337 g/mol. The zero-order valence-corrected chi connectivity index (χ0v) is 14.1. The molecule has 7 heteroatoms. The number of hydrogen-bond acceptors (Lipinski definition) is 6. The van der Waals surface area contributed by atoms with Crippen molar-refractivity contribution in [2.45, 2.75) is 6.92 Å². The fourth-order valence-electron chi connectivity index (χ4n) is 2.50. The predicted molar refractivity (Wildman–Crippen MR) is 92.2 cm³/mol. The Labute approximate surface area is 138 Å². The third-order valence-electron chi connectivity index (χ3n) is 3.70. The molecular formula is C15H19N3O2S2. The van der Waals surface area contributed by atoms with Gasteiger partial charge in [0.25, 0.3) is 5.91 Å². The molecule has 0 atom stereocenters. The molecular weight excluding hydrogens is 318 g/mol. The van der Waals surface area contributed by atoms with Crippen molar-refractivity contribution in [1.29, 1.82) is 0 Å². The van der Waals surface area contributed by atoms with Gasteiger partial charge in [-0.3, -0.25) is 9.69 Å². The number of piperazine rings is 1. The molecule has 0 saturated carbocycles. The van der Waals surface area contributed by atoms with Crippen LogP contribution in [0.25, 0.3) is 6.08 Å². The van der Waals surface area contributed by atoms with Crippen molar-refractivity contribution in [2.24, 2.45) is 4.99 Å². The third-order valence-corrected chi connectivity index (χ3v) is 5.69. The molecule has 1 fully saturated rings. The topological polar surface area (TPSA) is 56.1 Å². The number of β-amino-alcohol motifs (C(OH)–C–C–N with tert-alkyl or cyclic N) is 1. The van der Waals surface area contributed by atoms with Crippen molar-refractivity contribution < 1.29 is 9.90 Å². The molecule has 1 saturated heterocycles. The van der Waals surface area contributed by atoms with Gasteiger partial charge in [-0.05, 0) is 36.9 Å². The van der Waals surface area contributed by atoms with E-state index in [0.717, 1.165) is 42.8 Å². The maximum atomic E-state index is 12.1. The second kappa shape index (κ2) is 6.95. The maximum absolute atomic E-state index is 12.1. The van der Waals surface area contributed by atoms with Crippen molar-refractivity contribution in [2.75, 3.05) is 39.3 Å². The molecule has 118 valence electrons. The average Bonchev–Trinajstić information content (AvgIpc) is 3.07. The fraction of sp³-hybridized carbons (Fsp3) is 0.467. The first-order valence-electron chi connectivity index (χ1n) is 7.33. The molecule has 2 aliphatic heterocycles. The Morgan fingerprint density at radius 1 is 1.32 bits per heavy atom. The van der Waals surface area contributed by atoms with Crippen LogP contribution in [0.3, 0.4) is 0 Å². The molecule has 1 aromatic rings. The largest absolute Gasteiger partial charge is 0.395 e. The molecule has 0 spiro atoms. The summed E-state index contributed by atoms with van der Waals surface area (Å²) in [4.78, 5) is 23.7. The van der Waals surface area contributed by atoms with Crippen LogP contribution in [0.2, 0.25) is 0 Å². The Hall–Kier alpha value is -1.15. The van der Waals surface area contributed by atoms with E-state index in [9.17, 15) is 4.79 Å². The molecule has 0 aliphatic carbocycles. The number of amides is 1. The average molecular weight is 337 g/mol. The van der Waals surface area contributed by atoms with Crippen LogP contribution in [0.4, 0.5) is 0 Å². The lowest BCUT2D eigenvalue weighted by atomic mass is 10.3. The number of carbonyl (C=O) groups is 1. The first-order chi connectivity index (χ1) is 10.7. The van der Waals surface area contributed by atoms with E-state index >= 15 is 0 Å². The summed E-state index contributed by atoms with van der Waals surface area (Å²) in [6.45, 7) is 6.48. The molecule has 1 N–H and O–H groups in total. The van der Waals surface area contributed by atoms with Crippen LogP contribution < -0.4 is 0 Å². The fourth-order valence-corrected chi connectivity index (χ4v) is 4.35. The van der Waals surface area contributed by atoms with E-state index < -0.39 is 0 Å². The summed E-state index contributed by atoms with van der Waals surface area (Å²) in [6, 6.07) is 4.09. The van der Waals surface area contributed by atoms with Gasteiger partial charge in [0.1, 0.15) is 0 Å². The van der Waals surface area contributed by atoms with E-state index in [4.69, 9.17) is 5.11 Å². The number of thiophene rings is 1. The molecule has 22 heavy (non-hydrogen) atoms. The van der Waals surface area contributed by atoms with Gasteiger partial charge >= 0.3 is 0 Å². The van der Waals surface area contributed by atoms with Crippen LogP contribution in [-0.2, 0) is 4.79 Å². The maximum Gasteiger partial charge on any atom is 0.286 e. The van der Waals surface area contributed by atoms with Gasteiger partial charge in [0.05, 0.1) is 11.5 Å². The number of rotatable bonds is 3. The smallest absolute Gasteiger partial charge is 0.286 e. The van der Waals surface area contributed by atoms with Crippen LogP contribution in [0, 0.1) is 6.92 Å². The number of aryl methyl sites for hydroxylation is 1. The highest BCUT2D eigenvalue weighted by Gasteiger charge is 2.28. The number of nitrogens with zero attached hydrogens (tertiary/aromatic N) is 3. The van der Waals surface area contributed by atoms with Gasteiger partial charge in [-0.25, -0.2) is 0 Å². The molecule has 0 bridgehead atoms. The normalized spacial score (nSPS) is 21.7. The van der Waals surface area contributed by atoms with E-state index in [1.807, 2.05) is 12.1 Å². The Morgan fingerprint density at radius 2 is 2.09 bits per heavy atom. The van der Waals surface area contributed by atoms with E-state index in [0.29, 0.717) is 4.91 Å². The van der Waals surface area contributed by atoms with Gasteiger partial charge in [-0.2, -0.15) is 4.99 Å². The highest BCUT2D eigenvalue weighted by molar-refractivity contribution is 8.18. The van der Waals surface area contributed by atoms with Crippen molar-refractivity contribution >= 4 is 40.2 Å². The minimum absolute atomic E-state index is 0.135. The van der Waals surface area contributed by atoms with Crippen molar-refractivity contribution in [3.8, 4) is 0 Å². The molecule has 3 rings (SSSR count). The molecule has 1 aromatic heterocycles. The van der Waals surface area contributed by atoms with Gasteiger partial charge in [-0.1, -0.05) is 0 Å². The SMILES string of the molecule is Cc1ccc(/C=C2\SC(N3CCN(CCO)CC3)=NC2=O)s1. The van der Waals surface area contributed by atoms with Crippen LogP contribution >= 0.6 is 23.1 Å². The quantitative estimate of drug-likeness (QED) is 0.850. The van der Waals surface area contributed by atoms with Crippen LogP contribution in [-0.4, -0.2) is 65.3 Å². The summed E-state index contributed by atoms with van der Waals surface area (Å²) >= 11 is 3.15. The molecule has 5 nitrogen and oxygen atoms in total. The van der Waals surface area contributed by atoms with E-state index in [1.165, 1.54) is 16.6 Å². The molecule has 3 heterocycles. The van der Waals surface area contributed by atoms with Crippen molar-refractivity contribution in [1.82, 2.24) is 9.80 Å². The van der Waals surface area contributed by atoms with Crippen LogP contribution in [0.5, 0.6) is 0 Å². The molecule has 2 aliphatic rings. The van der Waals surface area contributed by atoms with E-state index in [-0.39, 0.29) is 12.5 Å². The molecule has 0 radical (unpaired) electrons. The summed E-state index contributed by atoms with van der Waals surface area (Å²) in [5.41, 5.74) is 0. The first kappa shape index (κ1) is 15.7. The lowest BCUT2D eigenvalue weighted by Crippen LogP contribution is -2.48. The number of aliphatic hydroxyl groups is 1. The standard InChI is InChI=1S/C15H19N3O2S2/c1-11-2-3-12(21-11)10-13-14(20)16-15(22-13)18-6-4-17(5-7-18)8-9-19/h2-3,10,19H,4-9H2,1H3/b13-10-. The summed E-state index contributed by atoms with van der Waals surface area (Å²) in [5, 5.41) is 9.79. The van der Waals surface area contributed by atoms with Gasteiger partial charge < -0.3 is 10.0 Å². The van der Waals surface area contributed by atoms with Crippen LogP contribution in [0.1, 0.15) is 9.75 Å². The number of carbonyl (C=O) groups excluding carboxylic acids is 1. The van der Waals surface area contributed by atoms with Crippen molar-refractivity contribution in [3.05, 3.63) is 26.8 Å². The van der Waals surface area contributed by atoms with Gasteiger partial charge in [-0.15, -0.1) is 11.3 Å². The Bertz CT molecular complexity index is 616. The number of amidine groups is 1. The minimum Gasteiger partial charge on any atom is -0.395 e. The first-order valence-corrected chi connectivity index (χ1v) is 8.96. The summed E-state index contributed by atoms with van der Waals surface area (Å²) in [7, 11) is 0. The van der Waals surface area contributed by atoms with Gasteiger partial charge in [0.15, 0.2) is 5.17 Å². The second-order valence-electron chi connectivity index (χ2n) is 5.31. The van der Waals surface area contributed by atoms with Gasteiger partial charge in [0.2, 0.25) is 0 Å². The number of hydrogen-bond donors (Lipinski definition) is 1. The van der Waals surface area contributed by atoms with Gasteiger partial charge in [0, 0.05) is 42.5 Å². The van der Waals surface area contributed by atoms with E-state index in [1.54, 1.807) is 11.3 Å². The Morgan fingerprint density at radius 3 is 2.73 bits per heavy atom. The molecule has 1 amide bonds. The third kappa shape index (κ3) is 3.60. The summed E-state index contributed by atoms with van der Waals surface area (Å²) in [6.07, 6.45) is 1.93. The second-order valence-corrected chi connectivity index (χ2v) is 7.64. The lowest BCUT2D eigenvalue weighted by Gasteiger charge is -2.34. The zero-order valence-electron chi connectivity index (χ0n) is 12.5. The summed E-state index contributed by atoms with van der Waals surface area (Å²) < 4.78 is 0.